The Morgan fingerprint density at radius 2 is 2.38 bits per heavy atom. The van der Waals surface area contributed by atoms with Crippen molar-refractivity contribution in [3.8, 4) is 0 Å². The number of furan rings is 1. The summed E-state index contributed by atoms with van der Waals surface area (Å²) in [5, 5.41) is 8.85. The van der Waals surface area contributed by atoms with Crippen LogP contribution >= 0.6 is 0 Å². The fraction of sp³-hybridized carbons (Fsp3) is 0.417. The summed E-state index contributed by atoms with van der Waals surface area (Å²) in [5.41, 5.74) is 0. The minimum atomic E-state index is -0.214. The average molecular weight is 223 g/mol. The van der Waals surface area contributed by atoms with Gasteiger partial charge in [0.1, 0.15) is 5.76 Å². The minimum Gasteiger partial charge on any atom is -0.456 e. The maximum atomic E-state index is 11.9. The molecule has 1 heterocycles. The topological polar surface area (TPSA) is 53.7 Å². The zero-order chi connectivity index (χ0) is 12.0. The van der Waals surface area contributed by atoms with Crippen LogP contribution < -0.4 is 0 Å². The smallest absolute Gasteiger partial charge is 0.289 e. The quantitative estimate of drug-likeness (QED) is 0.743. The second kappa shape index (κ2) is 6.12. The highest BCUT2D eigenvalue weighted by Gasteiger charge is 2.17. The number of carbonyl (C=O) groups is 1. The third kappa shape index (κ3) is 2.97. The van der Waals surface area contributed by atoms with Gasteiger partial charge in [-0.3, -0.25) is 4.79 Å². The third-order valence-electron chi connectivity index (χ3n) is 2.23. The number of aliphatic hydroxyl groups excluding tert-OH is 1. The van der Waals surface area contributed by atoms with E-state index in [9.17, 15) is 4.79 Å². The Morgan fingerprint density at radius 1 is 1.62 bits per heavy atom. The van der Waals surface area contributed by atoms with E-state index in [1.165, 1.54) is 4.90 Å². The predicted octanol–water partition coefficient (Wildman–Crippen LogP) is 1.46. The summed E-state index contributed by atoms with van der Waals surface area (Å²) in [5.74, 6) is 0.881. The van der Waals surface area contributed by atoms with Crippen LogP contribution in [0.15, 0.2) is 29.2 Å². The van der Waals surface area contributed by atoms with Gasteiger partial charge in [0.05, 0.1) is 6.61 Å². The molecule has 1 N–H and O–H groups in total. The van der Waals surface area contributed by atoms with Crippen molar-refractivity contribution in [1.29, 1.82) is 0 Å². The van der Waals surface area contributed by atoms with Gasteiger partial charge >= 0.3 is 0 Å². The van der Waals surface area contributed by atoms with E-state index in [2.05, 4.69) is 6.58 Å². The van der Waals surface area contributed by atoms with Gasteiger partial charge in [-0.25, -0.2) is 0 Å². The van der Waals surface area contributed by atoms with Gasteiger partial charge in [-0.15, -0.1) is 6.58 Å². The number of hydrogen-bond donors (Lipinski definition) is 1. The maximum Gasteiger partial charge on any atom is 0.289 e. The van der Waals surface area contributed by atoms with E-state index in [1.807, 2.05) is 6.92 Å². The lowest BCUT2D eigenvalue weighted by Gasteiger charge is -2.18. The van der Waals surface area contributed by atoms with Gasteiger partial charge in [0.25, 0.3) is 5.91 Å². The Labute approximate surface area is 95.2 Å². The van der Waals surface area contributed by atoms with E-state index in [-0.39, 0.29) is 19.1 Å². The summed E-state index contributed by atoms with van der Waals surface area (Å²) in [7, 11) is 0. The number of hydrogen-bond acceptors (Lipinski definition) is 3. The molecule has 0 spiro atoms. The molecule has 0 aliphatic heterocycles. The Balaban J connectivity index is 2.76. The maximum absolute atomic E-state index is 11.9. The molecule has 16 heavy (non-hydrogen) atoms. The van der Waals surface area contributed by atoms with Gasteiger partial charge in [-0.2, -0.15) is 0 Å². The molecule has 0 saturated carbocycles. The summed E-state index contributed by atoms with van der Waals surface area (Å²) in [6.07, 6.45) is 2.38. The first kappa shape index (κ1) is 12.5. The molecule has 1 aromatic heterocycles. The van der Waals surface area contributed by atoms with Crippen LogP contribution in [0.5, 0.6) is 0 Å². The number of aliphatic hydroxyl groups is 1. The summed E-state index contributed by atoms with van der Waals surface area (Å²) >= 11 is 0. The molecule has 0 bridgehead atoms. The Bertz CT molecular complexity index is 357. The lowest BCUT2D eigenvalue weighted by atomic mass is 10.3. The average Bonchev–Trinajstić information content (AvgIpc) is 2.76. The summed E-state index contributed by atoms with van der Waals surface area (Å²) in [6, 6.07) is 3.45. The summed E-state index contributed by atoms with van der Waals surface area (Å²) in [4.78, 5) is 13.4. The van der Waals surface area contributed by atoms with E-state index in [0.29, 0.717) is 12.3 Å². The summed E-state index contributed by atoms with van der Waals surface area (Å²) in [6.45, 7) is 6.16. The van der Waals surface area contributed by atoms with Gasteiger partial charge in [0, 0.05) is 19.5 Å². The van der Waals surface area contributed by atoms with Crippen molar-refractivity contribution in [1.82, 2.24) is 4.90 Å². The fourth-order valence-corrected chi connectivity index (χ4v) is 1.39. The van der Waals surface area contributed by atoms with Crippen LogP contribution in [0.2, 0.25) is 0 Å². The molecule has 0 atom stereocenters. The third-order valence-corrected chi connectivity index (χ3v) is 2.23. The molecule has 0 fully saturated rings. The molecule has 1 amide bonds. The van der Waals surface area contributed by atoms with E-state index in [1.54, 1.807) is 18.2 Å². The molecule has 4 nitrogen and oxygen atoms in total. The Hall–Kier alpha value is -1.55. The molecule has 0 radical (unpaired) electrons. The summed E-state index contributed by atoms with van der Waals surface area (Å²) < 4.78 is 5.36. The standard InChI is InChI=1S/C12H17NO3/c1-3-7-13(8-9-14)12(15)11-6-5-10(4-2)16-11/h3,5-6,14H,1,4,7-9H2,2H3. The SMILES string of the molecule is C=CCN(CCO)C(=O)c1ccc(CC)o1. The van der Waals surface area contributed by atoms with Gasteiger partial charge in [0.2, 0.25) is 0 Å². The molecule has 0 aliphatic rings. The zero-order valence-corrected chi connectivity index (χ0v) is 9.48. The van der Waals surface area contributed by atoms with Crippen LogP contribution in [0.25, 0.3) is 0 Å². The Kier molecular flexibility index (Phi) is 4.79. The van der Waals surface area contributed by atoms with Crippen molar-refractivity contribution in [3.63, 3.8) is 0 Å². The van der Waals surface area contributed by atoms with E-state index < -0.39 is 0 Å². The Morgan fingerprint density at radius 3 is 2.88 bits per heavy atom. The number of amides is 1. The van der Waals surface area contributed by atoms with Crippen molar-refractivity contribution in [2.75, 3.05) is 19.7 Å². The largest absolute Gasteiger partial charge is 0.456 e. The van der Waals surface area contributed by atoms with Crippen molar-refractivity contribution in [3.05, 3.63) is 36.3 Å². The minimum absolute atomic E-state index is 0.0685. The monoisotopic (exact) mass is 223 g/mol. The van der Waals surface area contributed by atoms with Crippen molar-refractivity contribution in [2.24, 2.45) is 0 Å². The van der Waals surface area contributed by atoms with Crippen molar-refractivity contribution < 1.29 is 14.3 Å². The van der Waals surface area contributed by atoms with Crippen LogP contribution in [0.1, 0.15) is 23.2 Å². The first-order valence-corrected chi connectivity index (χ1v) is 5.32. The molecular formula is C12H17NO3. The highest BCUT2D eigenvalue weighted by Crippen LogP contribution is 2.11. The first-order chi connectivity index (χ1) is 7.72. The van der Waals surface area contributed by atoms with E-state index in [0.717, 1.165) is 12.2 Å². The van der Waals surface area contributed by atoms with Crippen LogP contribution in [0.3, 0.4) is 0 Å². The van der Waals surface area contributed by atoms with Gasteiger partial charge in [0.15, 0.2) is 5.76 Å². The molecule has 0 aliphatic carbocycles. The lowest BCUT2D eigenvalue weighted by molar-refractivity contribution is 0.0709. The number of carbonyl (C=O) groups excluding carboxylic acids is 1. The van der Waals surface area contributed by atoms with Crippen LogP contribution in [-0.2, 0) is 6.42 Å². The van der Waals surface area contributed by atoms with Gasteiger partial charge in [-0.05, 0) is 12.1 Å². The fourth-order valence-electron chi connectivity index (χ4n) is 1.39. The van der Waals surface area contributed by atoms with Gasteiger partial charge < -0.3 is 14.4 Å². The molecule has 1 aromatic rings. The van der Waals surface area contributed by atoms with E-state index in [4.69, 9.17) is 9.52 Å². The molecule has 0 unspecified atom stereocenters. The van der Waals surface area contributed by atoms with Crippen LogP contribution in [0.4, 0.5) is 0 Å². The molecule has 0 aromatic carbocycles. The van der Waals surface area contributed by atoms with E-state index >= 15 is 0 Å². The molecule has 0 saturated heterocycles. The number of nitrogens with zero attached hydrogens (tertiary/aromatic N) is 1. The van der Waals surface area contributed by atoms with Crippen LogP contribution in [0, 0.1) is 0 Å². The second-order valence-corrected chi connectivity index (χ2v) is 3.38. The highest BCUT2D eigenvalue weighted by molar-refractivity contribution is 5.91. The number of rotatable bonds is 6. The lowest BCUT2D eigenvalue weighted by Crippen LogP contribution is -2.33. The van der Waals surface area contributed by atoms with Gasteiger partial charge in [-0.1, -0.05) is 13.0 Å². The predicted molar refractivity (Wildman–Crippen MR) is 61.3 cm³/mol. The first-order valence-electron chi connectivity index (χ1n) is 5.32. The molecule has 4 heteroatoms. The second-order valence-electron chi connectivity index (χ2n) is 3.38. The van der Waals surface area contributed by atoms with Crippen molar-refractivity contribution >= 4 is 5.91 Å². The van der Waals surface area contributed by atoms with Crippen molar-refractivity contribution in [2.45, 2.75) is 13.3 Å². The number of aryl methyl sites for hydroxylation is 1. The molecular weight excluding hydrogens is 206 g/mol. The highest BCUT2D eigenvalue weighted by atomic mass is 16.4. The normalized spacial score (nSPS) is 10.1. The van der Waals surface area contributed by atoms with Crippen LogP contribution in [-0.4, -0.2) is 35.6 Å². The zero-order valence-electron chi connectivity index (χ0n) is 9.48. The molecule has 88 valence electrons. The molecule has 1 rings (SSSR count).